The van der Waals surface area contributed by atoms with Gasteiger partial charge < -0.3 is 24.6 Å². The topological polar surface area (TPSA) is 172 Å². The number of aliphatic hydroxyl groups is 2. The van der Waals surface area contributed by atoms with E-state index < -0.39 is 38.2 Å². The van der Waals surface area contributed by atoms with Crippen LogP contribution in [0.2, 0.25) is 0 Å². The Bertz CT molecular complexity index is 2100. The first kappa shape index (κ1) is 42.9. The van der Waals surface area contributed by atoms with E-state index in [2.05, 4.69) is 28.9 Å². The fourth-order valence-electron chi connectivity index (χ4n) is 5.73. The van der Waals surface area contributed by atoms with Gasteiger partial charge in [-0.15, -0.1) is 0 Å². The van der Waals surface area contributed by atoms with E-state index in [-0.39, 0.29) is 53.9 Å². The Morgan fingerprint density at radius 3 is 1.45 bits per heavy atom. The van der Waals surface area contributed by atoms with Crippen molar-refractivity contribution in [3.8, 4) is 0 Å². The van der Waals surface area contributed by atoms with Gasteiger partial charge in [0.15, 0.2) is 0 Å². The fourth-order valence-corrected chi connectivity index (χ4v) is 6.43. The molecule has 270 valence electrons. The van der Waals surface area contributed by atoms with Crippen molar-refractivity contribution in [1.82, 2.24) is 0 Å². The van der Waals surface area contributed by atoms with Crippen LogP contribution in [0.25, 0.3) is 10.5 Å². The summed E-state index contributed by atoms with van der Waals surface area (Å²) in [5.41, 5.74) is 5.04. The van der Waals surface area contributed by atoms with Crippen LogP contribution in [-0.2, 0) is 19.7 Å². The first-order valence-corrected chi connectivity index (χ1v) is 18.0. The van der Waals surface area contributed by atoms with Gasteiger partial charge >= 0.3 is 29.6 Å². The second kappa shape index (κ2) is 20.1. The van der Waals surface area contributed by atoms with Crippen LogP contribution < -0.4 is 39.4 Å². The summed E-state index contributed by atoms with van der Waals surface area (Å²) >= 11 is 0. The molecule has 0 saturated carbocycles. The van der Waals surface area contributed by atoms with Crippen molar-refractivity contribution in [2.45, 2.75) is 13.8 Å². The van der Waals surface area contributed by atoms with Gasteiger partial charge in [0, 0.05) is 60.3 Å². The predicted octanol–water partition coefficient (Wildman–Crippen LogP) is 1.55. The standard InChI is InChI=1S/C20H19NO3.C10H15NO.C10H6O5S.Na/c1-2-21(11-12-22)15-9-7-14(8-10-15)18-13-19(23)20(24)17-6-4-3-5-16(17)18;1-2-11(8-9-12)10-6-4-3-5-7-10;11-8-5-9(16(13,14)15)6-3-1-2-4-7(6)10(8)12;/h3-10,13,22H,2,11-12H2,1H3;3-7,12H,2,8-9H2,1H3;1-5H,(H,13,14,15);/q;;;+1/p-1. The summed E-state index contributed by atoms with van der Waals surface area (Å²) in [5.74, 6) is -2.73. The molecule has 0 aliphatic heterocycles. The van der Waals surface area contributed by atoms with Gasteiger partial charge in [0.2, 0.25) is 23.1 Å². The number of rotatable bonds is 10. The molecule has 53 heavy (non-hydrogen) atoms. The minimum absolute atomic E-state index is 0. The number of ketones is 4. The summed E-state index contributed by atoms with van der Waals surface area (Å²) in [6, 6.07) is 30.8. The number of hydrogen-bond acceptors (Lipinski definition) is 11. The molecular formula is C40H39N2NaO9S. The van der Waals surface area contributed by atoms with Crippen molar-refractivity contribution < 1.29 is 71.9 Å². The molecule has 6 rings (SSSR count). The molecule has 0 fully saturated rings. The van der Waals surface area contributed by atoms with Gasteiger partial charge in [-0.05, 0) is 60.9 Å². The molecule has 4 aromatic rings. The number of fused-ring (bicyclic) bond motifs is 2. The van der Waals surface area contributed by atoms with Crippen molar-refractivity contribution in [2.24, 2.45) is 0 Å². The summed E-state index contributed by atoms with van der Waals surface area (Å²) in [6.07, 6.45) is 2.00. The molecule has 2 N–H and O–H groups in total. The second-order valence-electron chi connectivity index (χ2n) is 11.5. The maximum absolute atomic E-state index is 12.0. The van der Waals surface area contributed by atoms with Gasteiger partial charge in [-0.25, -0.2) is 8.42 Å². The molecular weight excluding hydrogens is 708 g/mol. The first-order valence-electron chi connectivity index (χ1n) is 16.6. The zero-order chi connectivity index (χ0) is 37.8. The van der Waals surface area contributed by atoms with E-state index in [1.165, 1.54) is 36.0 Å². The van der Waals surface area contributed by atoms with Crippen molar-refractivity contribution in [3.05, 3.63) is 143 Å². The normalized spacial score (nSPS) is 13.1. The average molecular weight is 747 g/mol. The molecule has 0 bridgehead atoms. The molecule has 4 aromatic carbocycles. The molecule has 2 aliphatic rings. The van der Waals surface area contributed by atoms with Crippen LogP contribution in [-0.4, -0.2) is 85.7 Å². The Labute approximate surface area is 331 Å². The third-order valence-electron chi connectivity index (χ3n) is 8.32. The van der Waals surface area contributed by atoms with Crippen molar-refractivity contribution in [2.75, 3.05) is 49.2 Å². The van der Waals surface area contributed by atoms with E-state index in [1.54, 1.807) is 12.1 Å². The van der Waals surface area contributed by atoms with Crippen LogP contribution in [0.5, 0.6) is 0 Å². The molecule has 11 nitrogen and oxygen atoms in total. The Balaban J connectivity index is 0.000000227. The van der Waals surface area contributed by atoms with Crippen LogP contribution >= 0.6 is 0 Å². The fraction of sp³-hybridized carbons (Fsp3) is 0.200. The van der Waals surface area contributed by atoms with E-state index >= 15 is 0 Å². The summed E-state index contributed by atoms with van der Waals surface area (Å²) in [4.78, 5) is 50.2. The summed E-state index contributed by atoms with van der Waals surface area (Å²) < 4.78 is 32.7. The smallest absolute Gasteiger partial charge is 0.744 e. The van der Waals surface area contributed by atoms with E-state index in [9.17, 15) is 32.1 Å². The minimum atomic E-state index is -4.76. The Morgan fingerprint density at radius 2 is 0.981 bits per heavy atom. The number of allylic oxidation sites excluding steroid dienone is 2. The number of para-hydroxylation sites is 1. The molecule has 13 heteroatoms. The number of aliphatic hydroxyl groups excluding tert-OH is 2. The van der Waals surface area contributed by atoms with Crippen LogP contribution in [0.15, 0.2) is 115 Å². The van der Waals surface area contributed by atoms with E-state index in [0.717, 1.165) is 35.5 Å². The average Bonchev–Trinajstić information content (AvgIpc) is 3.16. The quantitative estimate of drug-likeness (QED) is 0.137. The molecule has 0 unspecified atom stereocenters. The maximum atomic E-state index is 12.0. The van der Waals surface area contributed by atoms with E-state index in [1.807, 2.05) is 61.5 Å². The molecule has 0 radical (unpaired) electrons. The van der Waals surface area contributed by atoms with Gasteiger partial charge in [-0.2, -0.15) is 0 Å². The molecule has 2 aliphatic carbocycles. The third-order valence-corrected chi connectivity index (χ3v) is 9.20. The van der Waals surface area contributed by atoms with E-state index in [4.69, 9.17) is 10.2 Å². The van der Waals surface area contributed by atoms with Gasteiger partial charge in [-0.1, -0.05) is 78.9 Å². The molecule has 0 atom stereocenters. The second-order valence-corrected chi connectivity index (χ2v) is 12.8. The van der Waals surface area contributed by atoms with Gasteiger partial charge in [0.1, 0.15) is 10.1 Å². The first-order chi connectivity index (χ1) is 24.9. The largest absolute Gasteiger partial charge is 1.00 e. The SMILES string of the molecule is CCN(CCO)c1ccc(C2=CC(=O)C(=O)c3ccccc32)cc1.CCN(CCO)c1ccccc1.O=C1C=C(S(=O)(=O)[O-])c2ccccc2C1=O.[Na+]. The molecule has 0 heterocycles. The molecule has 0 amide bonds. The molecule has 0 aromatic heterocycles. The van der Waals surface area contributed by atoms with Crippen LogP contribution in [0.4, 0.5) is 11.4 Å². The number of likely N-dealkylation sites (N-methyl/N-ethyl adjacent to an activating group) is 2. The molecule has 0 spiro atoms. The zero-order valence-electron chi connectivity index (χ0n) is 29.8. The van der Waals surface area contributed by atoms with Crippen LogP contribution in [0, 0.1) is 0 Å². The number of nitrogens with zero attached hydrogens (tertiary/aromatic N) is 2. The van der Waals surface area contributed by atoms with Gasteiger partial charge in [-0.3, -0.25) is 19.2 Å². The van der Waals surface area contributed by atoms with Gasteiger partial charge in [0.25, 0.3) is 0 Å². The summed E-state index contributed by atoms with van der Waals surface area (Å²) in [7, 11) is -4.76. The molecule has 0 saturated heterocycles. The van der Waals surface area contributed by atoms with Crippen molar-refractivity contribution in [3.63, 3.8) is 0 Å². The number of benzene rings is 4. The Hall–Kier alpha value is -4.53. The number of carbonyl (C=O) groups is 4. The Morgan fingerprint density at radius 1 is 0.566 bits per heavy atom. The summed E-state index contributed by atoms with van der Waals surface area (Å²) in [6.45, 7) is 7.46. The van der Waals surface area contributed by atoms with Crippen LogP contribution in [0.3, 0.4) is 0 Å². The number of hydrogen-bond donors (Lipinski definition) is 2. The van der Waals surface area contributed by atoms with Gasteiger partial charge in [0.05, 0.1) is 18.1 Å². The van der Waals surface area contributed by atoms with Crippen LogP contribution in [0.1, 0.15) is 51.3 Å². The number of Topliss-reactive ketones (excluding diaryl/α,β-unsaturated/α-hetero) is 2. The van der Waals surface area contributed by atoms with Crippen molar-refractivity contribution >= 4 is 55.1 Å². The number of anilines is 2. The zero-order valence-corrected chi connectivity index (χ0v) is 32.6. The predicted molar refractivity (Wildman–Crippen MR) is 199 cm³/mol. The summed E-state index contributed by atoms with van der Waals surface area (Å²) in [5, 5.41) is 17.9. The van der Waals surface area contributed by atoms with Crippen molar-refractivity contribution in [1.29, 1.82) is 0 Å². The van der Waals surface area contributed by atoms with E-state index in [0.29, 0.717) is 24.7 Å². The third kappa shape index (κ3) is 10.8. The number of carbonyl (C=O) groups excluding carboxylic acids is 4. The minimum Gasteiger partial charge on any atom is -0.744 e. The monoisotopic (exact) mass is 746 g/mol. The Kier molecular flexibility index (Phi) is 16.2. The maximum Gasteiger partial charge on any atom is 1.00 e.